The van der Waals surface area contributed by atoms with Gasteiger partial charge in [0.05, 0.1) is 0 Å². The molecule has 18 heavy (non-hydrogen) atoms. The molecule has 1 aliphatic rings. The lowest BCUT2D eigenvalue weighted by molar-refractivity contribution is 0.827. The first-order valence-electron chi connectivity index (χ1n) is 7.12. The molecule has 2 N–H and O–H groups in total. The van der Waals surface area contributed by atoms with Gasteiger partial charge in [-0.15, -0.1) is 0 Å². The first-order valence-corrected chi connectivity index (χ1v) is 7.12. The molecule has 1 aliphatic carbocycles. The zero-order valence-corrected chi connectivity index (χ0v) is 11.7. The molecule has 1 heterocycles. The average molecular weight is 248 g/mol. The zero-order valence-electron chi connectivity index (χ0n) is 11.7. The number of nitrogens with one attached hydrogen (secondary N) is 2. The minimum atomic E-state index is 0.632. The van der Waals surface area contributed by atoms with Gasteiger partial charge in [0.25, 0.3) is 0 Å². The predicted molar refractivity (Wildman–Crippen MR) is 76.2 cm³/mol. The van der Waals surface area contributed by atoms with Gasteiger partial charge in [0, 0.05) is 24.6 Å². The summed E-state index contributed by atoms with van der Waals surface area (Å²) in [5.74, 6) is 2.97. The van der Waals surface area contributed by atoms with E-state index >= 15 is 0 Å². The van der Waals surface area contributed by atoms with E-state index in [-0.39, 0.29) is 0 Å². The van der Waals surface area contributed by atoms with Gasteiger partial charge in [-0.3, -0.25) is 0 Å². The van der Waals surface area contributed by atoms with Crippen LogP contribution in [0.3, 0.4) is 0 Å². The van der Waals surface area contributed by atoms with Crippen LogP contribution in [0.25, 0.3) is 0 Å². The highest BCUT2D eigenvalue weighted by molar-refractivity contribution is 5.58. The van der Waals surface area contributed by atoms with Crippen LogP contribution in [0.4, 0.5) is 11.6 Å². The lowest BCUT2D eigenvalue weighted by Gasteiger charge is -2.14. The Balaban J connectivity index is 2.21. The summed E-state index contributed by atoms with van der Waals surface area (Å²) < 4.78 is 0. The van der Waals surface area contributed by atoms with Crippen molar-refractivity contribution in [3.05, 3.63) is 11.4 Å². The predicted octanol–water partition coefficient (Wildman–Crippen LogP) is 3.13. The second kappa shape index (κ2) is 6.03. The van der Waals surface area contributed by atoms with Crippen molar-refractivity contribution in [1.82, 2.24) is 9.97 Å². The van der Waals surface area contributed by atoms with Crippen molar-refractivity contribution in [1.29, 1.82) is 0 Å². The van der Waals surface area contributed by atoms with Gasteiger partial charge in [0.1, 0.15) is 17.5 Å². The summed E-state index contributed by atoms with van der Waals surface area (Å²) in [7, 11) is 0. The topological polar surface area (TPSA) is 49.8 Å². The Bertz CT molecular complexity index is 399. The van der Waals surface area contributed by atoms with Gasteiger partial charge in [-0.05, 0) is 32.6 Å². The normalized spacial score (nSPS) is 14.6. The summed E-state index contributed by atoms with van der Waals surface area (Å²) in [6.07, 6.45) is 5.67. The third kappa shape index (κ3) is 3.34. The Morgan fingerprint density at radius 2 is 1.83 bits per heavy atom. The molecule has 2 rings (SSSR count). The van der Waals surface area contributed by atoms with Gasteiger partial charge in [0.15, 0.2) is 0 Å². The van der Waals surface area contributed by atoms with Crippen molar-refractivity contribution in [2.45, 2.75) is 58.9 Å². The van der Waals surface area contributed by atoms with E-state index in [0.717, 1.165) is 48.8 Å². The molecule has 0 radical (unpaired) electrons. The molecular weight excluding hydrogens is 224 g/mol. The molecule has 0 bridgehead atoms. The van der Waals surface area contributed by atoms with Crippen molar-refractivity contribution in [3.8, 4) is 0 Å². The Labute approximate surface area is 110 Å². The van der Waals surface area contributed by atoms with E-state index in [1.54, 1.807) is 0 Å². The molecule has 0 spiro atoms. The van der Waals surface area contributed by atoms with Crippen LogP contribution in [0.2, 0.25) is 0 Å². The highest BCUT2D eigenvalue weighted by atomic mass is 15.1. The molecule has 0 aromatic carbocycles. The van der Waals surface area contributed by atoms with Crippen LogP contribution >= 0.6 is 0 Å². The Hall–Kier alpha value is -1.32. The third-order valence-corrected chi connectivity index (χ3v) is 3.13. The van der Waals surface area contributed by atoms with Gasteiger partial charge in [-0.2, -0.15) is 0 Å². The number of rotatable bonds is 7. The van der Waals surface area contributed by atoms with Crippen LogP contribution in [0, 0.1) is 6.92 Å². The Morgan fingerprint density at radius 1 is 1.11 bits per heavy atom. The summed E-state index contributed by atoms with van der Waals surface area (Å²) >= 11 is 0. The zero-order chi connectivity index (χ0) is 13.0. The molecule has 0 amide bonds. The van der Waals surface area contributed by atoms with E-state index in [0.29, 0.717) is 6.04 Å². The maximum absolute atomic E-state index is 4.65. The van der Waals surface area contributed by atoms with E-state index in [4.69, 9.17) is 0 Å². The fourth-order valence-corrected chi connectivity index (χ4v) is 1.88. The third-order valence-electron chi connectivity index (χ3n) is 3.13. The Kier molecular flexibility index (Phi) is 4.39. The molecule has 1 saturated carbocycles. The number of aryl methyl sites for hydroxylation is 1. The van der Waals surface area contributed by atoms with Gasteiger partial charge in [0.2, 0.25) is 0 Å². The van der Waals surface area contributed by atoms with Crippen LogP contribution in [-0.2, 0) is 6.42 Å². The van der Waals surface area contributed by atoms with Gasteiger partial charge in [-0.1, -0.05) is 13.8 Å². The maximum atomic E-state index is 4.65. The fourth-order valence-electron chi connectivity index (χ4n) is 1.88. The standard InChI is InChI=1S/C14H24N4/c1-4-6-12-17-13(15-9-5-2)10(3)14(18-12)16-11-7-8-11/h11H,4-9H2,1-3H3,(H2,15,16,17,18). The molecular formula is C14H24N4. The van der Waals surface area contributed by atoms with E-state index in [1.165, 1.54) is 12.8 Å². The van der Waals surface area contributed by atoms with E-state index in [2.05, 4.69) is 41.4 Å². The number of aromatic nitrogens is 2. The summed E-state index contributed by atoms with van der Waals surface area (Å²) in [5, 5.41) is 6.91. The lowest BCUT2D eigenvalue weighted by atomic mass is 10.2. The maximum Gasteiger partial charge on any atom is 0.134 e. The minimum absolute atomic E-state index is 0.632. The Morgan fingerprint density at radius 3 is 2.44 bits per heavy atom. The van der Waals surface area contributed by atoms with E-state index < -0.39 is 0 Å². The number of hydrogen-bond donors (Lipinski definition) is 2. The van der Waals surface area contributed by atoms with Gasteiger partial charge in [-0.25, -0.2) is 9.97 Å². The molecule has 1 aromatic heterocycles. The molecule has 0 saturated heterocycles. The summed E-state index contributed by atoms with van der Waals surface area (Å²) in [6.45, 7) is 7.39. The van der Waals surface area contributed by atoms with Crippen LogP contribution in [0.5, 0.6) is 0 Å². The first kappa shape index (κ1) is 13.1. The first-order chi connectivity index (χ1) is 8.74. The van der Waals surface area contributed by atoms with Crippen molar-refractivity contribution in [2.75, 3.05) is 17.2 Å². The van der Waals surface area contributed by atoms with Crippen LogP contribution in [0.1, 0.15) is 50.9 Å². The second-order valence-electron chi connectivity index (χ2n) is 5.06. The van der Waals surface area contributed by atoms with Crippen molar-refractivity contribution in [3.63, 3.8) is 0 Å². The smallest absolute Gasteiger partial charge is 0.134 e. The summed E-state index contributed by atoms with van der Waals surface area (Å²) in [5.41, 5.74) is 1.15. The molecule has 0 aliphatic heterocycles. The molecule has 0 unspecified atom stereocenters. The van der Waals surface area contributed by atoms with Crippen LogP contribution in [-0.4, -0.2) is 22.6 Å². The summed E-state index contributed by atoms with van der Waals surface area (Å²) in [6, 6.07) is 0.632. The lowest BCUT2D eigenvalue weighted by Crippen LogP contribution is -2.12. The average Bonchev–Trinajstić information content (AvgIpc) is 3.15. The summed E-state index contributed by atoms with van der Waals surface area (Å²) in [4.78, 5) is 9.27. The number of anilines is 2. The monoisotopic (exact) mass is 248 g/mol. The van der Waals surface area contributed by atoms with Crippen molar-refractivity contribution < 1.29 is 0 Å². The largest absolute Gasteiger partial charge is 0.370 e. The fraction of sp³-hybridized carbons (Fsp3) is 0.714. The molecule has 1 fully saturated rings. The molecule has 4 heteroatoms. The van der Waals surface area contributed by atoms with Gasteiger partial charge >= 0.3 is 0 Å². The van der Waals surface area contributed by atoms with Gasteiger partial charge < -0.3 is 10.6 Å². The quantitative estimate of drug-likeness (QED) is 0.778. The number of hydrogen-bond acceptors (Lipinski definition) is 4. The second-order valence-corrected chi connectivity index (χ2v) is 5.06. The van der Waals surface area contributed by atoms with E-state index in [9.17, 15) is 0 Å². The van der Waals surface area contributed by atoms with Crippen molar-refractivity contribution in [2.24, 2.45) is 0 Å². The highest BCUT2D eigenvalue weighted by Crippen LogP contribution is 2.28. The minimum Gasteiger partial charge on any atom is -0.370 e. The SMILES string of the molecule is CCCNc1nc(CCC)nc(NC2CC2)c1C. The molecule has 4 nitrogen and oxygen atoms in total. The van der Waals surface area contributed by atoms with Crippen LogP contribution in [0.15, 0.2) is 0 Å². The molecule has 100 valence electrons. The van der Waals surface area contributed by atoms with Crippen LogP contribution < -0.4 is 10.6 Å². The van der Waals surface area contributed by atoms with Crippen molar-refractivity contribution >= 4 is 11.6 Å². The number of nitrogens with zero attached hydrogens (tertiary/aromatic N) is 2. The highest BCUT2D eigenvalue weighted by Gasteiger charge is 2.23. The molecule has 1 aromatic rings. The van der Waals surface area contributed by atoms with E-state index in [1.807, 2.05) is 0 Å². The molecule has 0 atom stereocenters.